The number of aliphatic hydroxyl groups is 1. The summed E-state index contributed by atoms with van der Waals surface area (Å²) in [5, 5.41) is 8.58. The zero-order valence-electron chi connectivity index (χ0n) is 8.40. The van der Waals surface area contributed by atoms with E-state index in [1.807, 2.05) is 0 Å². The van der Waals surface area contributed by atoms with Crippen LogP contribution < -0.4 is 10.3 Å². The fraction of sp³-hybridized carbons (Fsp3) is 0.600. The van der Waals surface area contributed by atoms with E-state index in [4.69, 9.17) is 9.84 Å². The summed E-state index contributed by atoms with van der Waals surface area (Å²) in [6, 6.07) is 1.34. The lowest BCUT2D eigenvalue weighted by Gasteiger charge is -2.04. The molecule has 0 aromatic carbocycles. The van der Waals surface area contributed by atoms with Crippen molar-refractivity contribution in [1.29, 1.82) is 0 Å². The van der Waals surface area contributed by atoms with Gasteiger partial charge in [-0.15, -0.1) is 0 Å². The highest BCUT2D eigenvalue weighted by atomic mass is 16.5. The van der Waals surface area contributed by atoms with E-state index in [1.165, 1.54) is 6.07 Å². The van der Waals surface area contributed by atoms with E-state index in [2.05, 4.69) is 9.97 Å². The zero-order chi connectivity index (χ0) is 10.7. The molecule has 1 fully saturated rings. The minimum Gasteiger partial charge on any atom is -0.477 e. The second kappa shape index (κ2) is 4.44. The summed E-state index contributed by atoms with van der Waals surface area (Å²) >= 11 is 0. The highest BCUT2D eigenvalue weighted by Gasteiger charge is 2.26. The molecule has 2 rings (SSSR count). The fourth-order valence-corrected chi connectivity index (χ4v) is 1.32. The minimum absolute atomic E-state index is 0.0820. The van der Waals surface area contributed by atoms with Crippen LogP contribution in [-0.4, -0.2) is 28.3 Å². The summed E-state index contributed by atoms with van der Waals surface area (Å²) in [6.07, 6.45) is 2.72. The predicted molar refractivity (Wildman–Crippen MR) is 54.0 cm³/mol. The molecule has 0 spiro atoms. The third-order valence-corrected chi connectivity index (χ3v) is 2.25. The van der Waals surface area contributed by atoms with Crippen LogP contribution >= 0.6 is 0 Å². The van der Waals surface area contributed by atoms with E-state index in [0.29, 0.717) is 24.8 Å². The Morgan fingerprint density at radius 1 is 1.60 bits per heavy atom. The van der Waals surface area contributed by atoms with Gasteiger partial charge in [-0.1, -0.05) is 0 Å². The van der Waals surface area contributed by atoms with Gasteiger partial charge in [-0.25, -0.2) is 0 Å². The molecule has 0 unspecified atom stereocenters. The van der Waals surface area contributed by atoms with Crippen LogP contribution in [0.5, 0.6) is 5.88 Å². The van der Waals surface area contributed by atoms with Gasteiger partial charge in [0.25, 0.3) is 5.56 Å². The monoisotopic (exact) mass is 210 g/mol. The molecule has 0 bridgehead atoms. The van der Waals surface area contributed by atoms with Crippen LogP contribution in [0.1, 0.15) is 31.0 Å². The van der Waals surface area contributed by atoms with Crippen molar-refractivity contribution in [2.45, 2.75) is 25.2 Å². The van der Waals surface area contributed by atoms with Crippen molar-refractivity contribution in [3.63, 3.8) is 0 Å². The maximum absolute atomic E-state index is 11.3. The highest BCUT2D eigenvalue weighted by Crippen LogP contribution is 2.37. The quantitative estimate of drug-likeness (QED) is 0.690. The van der Waals surface area contributed by atoms with Crippen LogP contribution in [0.3, 0.4) is 0 Å². The lowest BCUT2D eigenvalue weighted by molar-refractivity contribution is 0.228. The molecule has 1 aliphatic carbocycles. The van der Waals surface area contributed by atoms with E-state index in [9.17, 15) is 4.79 Å². The van der Waals surface area contributed by atoms with Gasteiger partial charge in [0.1, 0.15) is 5.82 Å². The molecule has 1 aliphatic rings. The van der Waals surface area contributed by atoms with E-state index >= 15 is 0 Å². The molecule has 0 amide bonds. The maximum Gasteiger partial charge on any atom is 0.254 e. The molecule has 1 aromatic rings. The van der Waals surface area contributed by atoms with Gasteiger partial charge in [0.2, 0.25) is 5.88 Å². The summed E-state index contributed by atoms with van der Waals surface area (Å²) in [5.41, 5.74) is -0.175. The van der Waals surface area contributed by atoms with E-state index in [1.54, 1.807) is 0 Å². The number of nitrogens with zero attached hydrogens (tertiary/aromatic N) is 1. The molecule has 5 nitrogen and oxygen atoms in total. The normalized spacial score (nSPS) is 15.3. The Labute approximate surface area is 87.1 Å². The number of aromatic amines is 1. The molecule has 15 heavy (non-hydrogen) atoms. The first kappa shape index (κ1) is 10.2. The van der Waals surface area contributed by atoms with Crippen molar-refractivity contribution in [3.05, 3.63) is 22.2 Å². The molecular weight excluding hydrogens is 196 g/mol. The van der Waals surface area contributed by atoms with Crippen LogP contribution in [-0.2, 0) is 0 Å². The molecule has 0 radical (unpaired) electrons. The van der Waals surface area contributed by atoms with Gasteiger partial charge in [0, 0.05) is 18.9 Å². The lowest BCUT2D eigenvalue weighted by Crippen LogP contribution is -2.12. The smallest absolute Gasteiger partial charge is 0.254 e. The first-order valence-corrected chi connectivity index (χ1v) is 5.14. The summed E-state index contributed by atoms with van der Waals surface area (Å²) in [5.74, 6) is 1.48. The van der Waals surface area contributed by atoms with E-state index in [0.717, 1.165) is 18.7 Å². The SMILES string of the molecule is O=c1cc(OCCCO)nc(C2CC2)[nH]1. The van der Waals surface area contributed by atoms with E-state index in [-0.39, 0.29) is 12.2 Å². The number of aromatic nitrogens is 2. The molecule has 0 atom stereocenters. The Morgan fingerprint density at radius 2 is 2.40 bits per heavy atom. The average Bonchev–Trinajstić information content (AvgIpc) is 3.00. The van der Waals surface area contributed by atoms with Crippen LogP contribution in [0.15, 0.2) is 10.9 Å². The van der Waals surface area contributed by atoms with Crippen molar-refractivity contribution in [2.24, 2.45) is 0 Å². The van der Waals surface area contributed by atoms with Gasteiger partial charge >= 0.3 is 0 Å². The Balaban J connectivity index is 2.06. The van der Waals surface area contributed by atoms with Gasteiger partial charge in [0.15, 0.2) is 0 Å². The van der Waals surface area contributed by atoms with Gasteiger partial charge < -0.3 is 14.8 Å². The molecule has 1 aromatic heterocycles. The number of rotatable bonds is 5. The number of ether oxygens (including phenoxy) is 1. The van der Waals surface area contributed by atoms with Crippen LogP contribution in [0.25, 0.3) is 0 Å². The number of hydrogen-bond acceptors (Lipinski definition) is 4. The topological polar surface area (TPSA) is 75.2 Å². The lowest BCUT2D eigenvalue weighted by atomic mass is 10.4. The third kappa shape index (κ3) is 2.79. The van der Waals surface area contributed by atoms with Gasteiger partial charge in [-0.2, -0.15) is 4.98 Å². The van der Waals surface area contributed by atoms with Gasteiger partial charge in [-0.3, -0.25) is 4.79 Å². The standard InChI is InChI=1S/C10H14N2O3/c13-4-1-5-15-9-6-8(14)11-10(12-9)7-2-3-7/h6-7,13H,1-5H2,(H,11,12,14). The summed E-state index contributed by atoms with van der Waals surface area (Å²) in [7, 11) is 0. The summed E-state index contributed by atoms with van der Waals surface area (Å²) in [6.45, 7) is 0.468. The molecule has 82 valence electrons. The van der Waals surface area contributed by atoms with Crippen molar-refractivity contribution < 1.29 is 9.84 Å². The van der Waals surface area contributed by atoms with Crippen molar-refractivity contribution in [1.82, 2.24) is 9.97 Å². The maximum atomic E-state index is 11.3. The van der Waals surface area contributed by atoms with Crippen LogP contribution in [0, 0.1) is 0 Å². The summed E-state index contributed by atoms with van der Waals surface area (Å²) < 4.78 is 5.25. The molecule has 1 heterocycles. The average molecular weight is 210 g/mol. The molecule has 1 saturated carbocycles. The predicted octanol–water partition coefficient (Wildman–Crippen LogP) is 0.408. The Kier molecular flexibility index (Phi) is 3.01. The molecule has 2 N–H and O–H groups in total. The second-order valence-corrected chi connectivity index (χ2v) is 3.67. The van der Waals surface area contributed by atoms with Gasteiger partial charge in [-0.05, 0) is 12.8 Å². The Morgan fingerprint density at radius 3 is 3.07 bits per heavy atom. The molecule has 0 aliphatic heterocycles. The second-order valence-electron chi connectivity index (χ2n) is 3.67. The number of hydrogen-bond donors (Lipinski definition) is 2. The third-order valence-electron chi connectivity index (χ3n) is 2.25. The first-order chi connectivity index (χ1) is 7.29. The van der Waals surface area contributed by atoms with Crippen LogP contribution in [0.4, 0.5) is 0 Å². The van der Waals surface area contributed by atoms with Gasteiger partial charge in [0.05, 0.1) is 12.7 Å². The fourth-order valence-electron chi connectivity index (χ4n) is 1.32. The Bertz CT molecular complexity index is 384. The minimum atomic E-state index is -0.175. The van der Waals surface area contributed by atoms with Crippen LogP contribution in [0.2, 0.25) is 0 Å². The van der Waals surface area contributed by atoms with E-state index < -0.39 is 0 Å². The first-order valence-electron chi connectivity index (χ1n) is 5.14. The number of aliphatic hydroxyl groups excluding tert-OH is 1. The highest BCUT2D eigenvalue weighted by molar-refractivity contribution is 5.13. The summed E-state index contributed by atoms with van der Waals surface area (Å²) in [4.78, 5) is 18.2. The zero-order valence-corrected chi connectivity index (χ0v) is 8.40. The number of nitrogens with one attached hydrogen (secondary N) is 1. The largest absolute Gasteiger partial charge is 0.477 e. The number of H-pyrrole nitrogens is 1. The molecule has 0 saturated heterocycles. The molecular formula is C10H14N2O3. The van der Waals surface area contributed by atoms with Crippen molar-refractivity contribution in [2.75, 3.05) is 13.2 Å². The van der Waals surface area contributed by atoms with Crippen molar-refractivity contribution in [3.8, 4) is 5.88 Å². The Hall–Kier alpha value is -1.36. The molecule has 5 heteroatoms. The van der Waals surface area contributed by atoms with Crippen molar-refractivity contribution >= 4 is 0 Å².